The van der Waals surface area contributed by atoms with Gasteiger partial charge in [0.1, 0.15) is 0 Å². The first-order chi connectivity index (χ1) is 6.02. The molecule has 0 rings (SSSR count). The van der Waals surface area contributed by atoms with Crippen LogP contribution >= 0.6 is 0 Å². The molecule has 0 atom stereocenters. The molecule has 0 saturated carbocycles. The molecule has 1 nitrogen and oxygen atoms in total. The molecule has 0 radical (unpaired) electrons. The van der Waals surface area contributed by atoms with E-state index in [4.69, 9.17) is 4.65 Å². The van der Waals surface area contributed by atoms with Crippen LogP contribution in [0.5, 0.6) is 0 Å². The highest BCUT2D eigenvalue weighted by atomic mass is 16.4. The van der Waals surface area contributed by atoms with E-state index in [0.717, 1.165) is 0 Å². The van der Waals surface area contributed by atoms with E-state index >= 15 is 0 Å². The normalized spacial score (nSPS) is 11.8. The molecule has 0 heterocycles. The van der Waals surface area contributed by atoms with Crippen molar-refractivity contribution in [2.45, 2.75) is 65.0 Å². The van der Waals surface area contributed by atoms with E-state index < -0.39 is 0 Å². The maximum Gasteiger partial charge on any atom is 0.298 e. The fraction of sp³-hybridized carbons (Fsp3) is 1.00. The van der Waals surface area contributed by atoms with Gasteiger partial charge >= 0.3 is 0 Å². The van der Waals surface area contributed by atoms with Crippen molar-refractivity contribution in [2.75, 3.05) is 7.11 Å². The Labute approximate surface area is 84.4 Å². The Morgan fingerprint density at radius 3 is 2.08 bits per heavy atom. The minimum absolute atomic E-state index is 0.293. The quantitative estimate of drug-likeness (QED) is 0.447. The first-order valence-electron chi connectivity index (χ1n) is 5.55. The Morgan fingerprint density at radius 2 is 1.69 bits per heavy atom. The number of hydrogen-bond acceptors (Lipinski definition) is 1. The van der Waals surface area contributed by atoms with Gasteiger partial charge in [-0.15, -0.1) is 0 Å². The molecule has 0 aromatic heterocycles. The molecule has 0 unspecified atom stereocenters. The van der Waals surface area contributed by atoms with Crippen LogP contribution in [-0.2, 0) is 4.65 Å². The molecule has 0 fully saturated rings. The minimum atomic E-state index is 0.293. The summed E-state index contributed by atoms with van der Waals surface area (Å²) in [5.41, 5.74) is 0. The lowest BCUT2D eigenvalue weighted by Crippen LogP contribution is -2.27. The minimum Gasteiger partial charge on any atom is -0.438 e. The fourth-order valence-electron chi connectivity index (χ4n) is 1.66. The van der Waals surface area contributed by atoms with E-state index in [1.165, 1.54) is 32.0 Å². The van der Waals surface area contributed by atoms with E-state index in [2.05, 4.69) is 27.7 Å². The van der Waals surface area contributed by atoms with Gasteiger partial charge in [0.2, 0.25) is 0 Å². The van der Waals surface area contributed by atoms with Gasteiger partial charge in [0.05, 0.1) is 0 Å². The summed E-state index contributed by atoms with van der Waals surface area (Å²) in [6, 6.07) is 0. The van der Waals surface area contributed by atoms with E-state index in [9.17, 15) is 0 Å². The van der Waals surface area contributed by atoms with Gasteiger partial charge in [-0.1, -0.05) is 53.4 Å². The van der Waals surface area contributed by atoms with Crippen LogP contribution in [0.3, 0.4) is 0 Å². The molecule has 2 heteroatoms. The first kappa shape index (κ1) is 13.0. The highest BCUT2D eigenvalue weighted by Gasteiger charge is 2.28. The van der Waals surface area contributed by atoms with E-state index in [1.54, 1.807) is 0 Å². The standard InChI is InChI=1S/C11H25BO/c1-6-7-8-9-10-12(13-5)11(2,3)4/h6-10H2,1-5H3. The van der Waals surface area contributed by atoms with Gasteiger partial charge in [-0.25, -0.2) is 0 Å². The molecule has 0 aromatic rings. The molecule has 0 N–H and O–H groups in total. The predicted octanol–water partition coefficient (Wildman–Crippen LogP) is 4.00. The van der Waals surface area contributed by atoms with Crippen molar-refractivity contribution in [3.05, 3.63) is 0 Å². The van der Waals surface area contributed by atoms with E-state index in [1.807, 2.05) is 7.11 Å². The first-order valence-corrected chi connectivity index (χ1v) is 5.55. The molecule has 78 valence electrons. The van der Waals surface area contributed by atoms with E-state index in [-0.39, 0.29) is 0 Å². The summed E-state index contributed by atoms with van der Waals surface area (Å²) < 4.78 is 5.49. The second-order valence-corrected chi connectivity index (χ2v) is 4.94. The largest absolute Gasteiger partial charge is 0.438 e. The Kier molecular flexibility index (Phi) is 6.49. The van der Waals surface area contributed by atoms with Crippen LogP contribution in [0.1, 0.15) is 53.4 Å². The third-order valence-corrected chi connectivity index (χ3v) is 2.57. The van der Waals surface area contributed by atoms with Gasteiger partial charge in [-0.05, 0) is 11.6 Å². The second-order valence-electron chi connectivity index (χ2n) is 4.94. The lowest BCUT2D eigenvalue weighted by atomic mass is 9.45. The zero-order valence-electron chi connectivity index (χ0n) is 10.0. The molecule has 0 bridgehead atoms. The summed E-state index contributed by atoms with van der Waals surface area (Å²) in [5, 5.41) is 0.293. The fourth-order valence-corrected chi connectivity index (χ4v) is 1.66. The third kappa shape index (κ3) is 6.14. The summed E-state index contributed by atoms with van der Waals surface area (Å²) in [7, 11) is 1.83. The molecule has 0 aliphatic rings. The Balaban J connectivity index is 3.61. The molecule has 0 aromatic carbocycles. The summed E-state index contributed by atoms with van der Waals surface area (Å²) in [6.45, 7) is 9.42. The molecule has 0 spiro atoms. The van der Waals surface area contributed by atoms with Crippen molar-refractivity contribution in [2.24, 2.45) is 0 Å². The third-order valence-electron chi connectivity index (χ3n) is 2.57. The lowest BCUT2D eigenvalue weighted by Gasteiger charge is -2.25. The molecular weight excluding hydrogens is 159 g/mol. The summed E-state index contributed by atoms with van der Waals surface area (Å²) >= 11 is 0. The molecular formula is C11H25BO. The average molecular weight is 184 g/mol. The topological polar surface area (TPSA) is 9.23 Å². The summed E-state index contributed by atoms with van der Waals surface area (Å²) in [6.07, 6.45) is 6.55. The van der Waals surface area contributed by atoms with Gasteiger partial charge in [-0.2, -0.15) is 0 Å². The second kappa shape index (κ2) is 6.47. The monoisotopic (exact) mass is 184 g/mol. The van der Waals surface area contributed by atoms with E-state index in [0.29, 0.717) is 12.2 Å². The molecule has 0 amide bonds. The lowest BCUT2D eigenvalue weighted by molar-refractivity contribution is 0.387. The van der Waals surface area contributed by atoms with Crippen molar-refractivity contribution in [1.29, 1.82) is 0 Å². The van der Waals surface area contributed by atoms with Crippen LogP contribution in [0.4, 0.5) is 0 Å². The Morgan fingerprint density at radius 1 is 1.08 bits per heavy atom. The van der Waals surface area contributed by atoms with Crippen LogP contribution in [0.25, 0.3) is 0 Å². The van der Waals surface area contributed by atoms with Crippen molar-refractivity contribution in [3.63, 3.8) is 0 Å². The molecule has 13 heavy (non-hydrogen) atoms. The van der Waals surface area contributed by atoms with Gasteiger partial charge in [0, 0.05) is 7.11 Å². The number of rotatable bonds is 6. The number of unbranched alkanes of at least 4 members (excludes halogenated alkanes) is 3. The highest BCUT2D eigenvalue weighted by molar-refractivity contribution is 6.55. The zero-order valence-corrected chi connectivity index (χ0v) is 10.0. The maximum absolute atomic E-state index is 5.49. The smallest absolute Gasteiger partial charge is 0.298 e. The van der Waals surface area contributed by atoms with Crippen LogP contribution in [0.2, 0.25) is 11.6 Å². The Hall–Kier alpha value is 0.0249. The molecule has 0 saturated heterocycles. The van der Waals surface area contributed by atoms with Crippen LogP contribution in [0.15, 0.2) is 0 Å². The van der Waals surface area contributed by atoms with Crippen molar-refractivity contribution in [1.82, 2.24) is 0 Å². The van der Waals surface area contributed by atoms with Crippen LogP contribution < -0.4 is 0 Å². The van der Waals surface area contributed by atoms with Gasteiger partial charge in [0.15, 0.2) is 0 Å². The van der Waals surface area contributed by atoms with Gasteiger partial charge in [-0.3, -0.25) is 0 Å². The average Bonchev–Trinajstić information content (AvgIpc) is 2.02. The molecule has 0 aliphatic carbocycles. The maximum atomic E-state index is 5.49. The van der Waals surface area contributed by atoms with Crippen molar-refractivity contribution >= 4 is 6.92 Å². The summed E-state index contributed by atoms with van der Waals surface area (Å²) in [5.74, 6) is 0. The van der Waals surface area contributed by atoms with Crippen LogP contribution in [0, 0.1) is 0 Å². The Bertz CT molecular complexity index is 118. The van der Waals surface area contributed by atoms with Gasteiger partial charge < -0.3 is 4.65 Å². The predicted molar refractivity (Wildman–Crippen MR) is 61.4 cm³/mol. The van der Waals surface area contributed by atoms with Crippen molar-refractivity contribution < 1.29 is 4.65 Å². The SMILES string of the molecule is CCCCCCB(OC)C(C)(C)C. The number of hydrogen-bond donors (Lipinski definition) is 0. The zero-order chi connectivity index (χ0) is 10.3. The van der Waals surface area contributed by atoms with Gasteiger partial charge in [0.25, 0.3) is 6.92 Å². The molecule has 0 aliphatic heterocycles. The van der Waals surface area contributed by atoms with Crippen molar-refractivity contribution in [3.8, 4) is 0 Å². The summed E-state index contributed by atoms with van der Waals surface area (Å²) in [4.78, 5) is 0. The van der Waals surface area contributed by atoms with Crippen LogP contribution in [-0.4, -0.2) is 14.0 Å². The highest BCUT2D eigenvalue weighted by Crippen LogP contribution is 2.30.